The molecule has 0 atom stereocenters. The lowest BCUT2D eigenvalue weighted by Crippen LogP contribution is -2.21. The molecule has 0 amide bonds. The van der Waals surface area contributed by atoms with Crippen LogP contribution in [0.15, 0.2) is 29.1 Å². The highest BCUT2D eigenvalue weighted by molar-refractivity contribution is 6.31. The van der Waals surface area contributed by atoms with Gasteiger partial charge in [0.05, 0.1) is 10.6 Å². The zero-order valence-corrected chi connectivity index (χ0v) is 15.9. The molecule has 2 heterocycles. The molecule has 0 aliphatic heterocycles. The highest BCUT2D eigenvalue weighted by Crippen LogP contribution is 2.39. The van der Waals surface area contributed by atoms with E-state index in [1.807, 2.05) is 0 Å². The molecule has 0 saturated heterocycles. The Kier molecular flexibility index (Phi) is 5.31. The van der Waals surface area contributed by atoms with E-state index in [9.17, 15) is 31.1 Å². The number of aryl methyl sites for hydroxylation is 2. The Morgan fingerprint density at radius 3 is 2.30 bits per heavy atom. The summed E-state index contributed by atoms with van der Waals surface area (Å²) in [5, 5.41) is 3.26. The molecule has 0 bridgehead atoms. The third-order valence-electron chi connectivity index (χ3n) is 3.96. The van der Waals surface area contributed by atoms with E-state index in [-0.39, 0.29) is 5.69 Å². The summed E-state index contributed by atoms with van der Waals surface area (Å²) in [4.78, 5) is 17.8. The van der Waals surface area contributed by atoms with E-state index in [0.717, 1.165) is 12.1 Å². The van der Waals surface area contributed by atoms with Gasteiger partial charge in [0.1, 0.15) is 11.4 Å². The molecule has 0 unspecified atom stereocenters. The predicted molar refractivity (Wildman–Crippen MR) is 93.3 cm³/mol. The summed E-state index contributed by atoms with van der Waals surface area (Å²) in [5.74, 6) is -2.46. The fourth-order valence-corrected chi connectivity index (χ4v) is 2.67. The van der Waals surface area contributed by atoms with Crippen molar-refractivity contribution < 1.29 is 31.1 Å². The maximum atomic E-state index is 13.5. The van der Waals surface area contributed by atoms with E-state index in [4.69, 9.17) is 16.3 Å². The van der Waals surface area contributed by atoms with Gasteiger partial charge in [0, 0.05) is 12.7 Å². The molecule has 3 rings (SSSR count). The minimum atomic E-state index is -5.14. The first-order valence-corrected chi connectivity index (χ1v) is 8.42. The lowest BCUT2D eigenvalue weighted by Gasteiger charge is -2.14. The number of nitrogens with zero attached hydrogens (tertiary/aromatic N) is 3. The summed E-state index contributed by atoms with van der Waals surface area (Å²) < 4.78 is 85.7. The average molecular weight is 453 g/mol. The van der Waals surface area contributed by atoms with Gasteiger partial charge in [0.25, 0.3) is 5.56 Å². The molecular formula is C17H11ClF6N4O2. The summed E-state index contributed by atoms with van der Waals surface area (Å²) in [6.45, 7) is 1.63. The second-order valence-corrected chi connectivity index (χ2v) is 6.53. The van der Waals surface area contributed by atoms with E-state index >= 15 is 0 Å². The van der Waals surface area contributed by atoms with Crippen LogP contribution in [-0.2, 0) is 19.4 Å². The van der Waals surface area contributed by atoms with Crippen molar-refractivity contribution in [2.24, 2.45) is 7.05 Å². The van der Waals surface area contributed by atoms with E-state index in [1.165, 1.54) is 17.8 Å². The van der Waals surface area contributed by atoms with Crippen molar-refractivity contribution in [1.29, 1.82) is 0 Å². The summed E-state index contributed by atoms with van der Waals surface area (Å²) in [6, 6.07) is 3.47. The van der Waals surface area contributed by atoms with Crippen molar-refractivity contribution in [2.75, 3.05) is 0 Å². The molecule has 30 heavy (non-hydrogen) atoms. The SMILES string of the molecule is Cc1cc(-c2nc(C(F)(F)F)c(Oc3ccc(Cl)c(C(F)(F)F)c3)c(=O)[nH]2)nn1C. The van der Waals surface area contributed by atoms with Crippen LogP contribution >= 0.6 is 11.6 Å². The number of hydrogen-bond acceptors (Lipinski definition) is 4. The third kappa shape index (κ3) is 4.27. The molecule has 1 aromatic carbocycles. The van der Waals surface area contributed by atoms with Gasteiger partial charge in [-0.3, -0.25) is 9.48 Å². The Morgan fingerprint density at radius 2 is 1.77 bits per heavy atom. The van der Waals surface area contributed by atoms with E-state index in [2.05, 4.69) is 15.1 Å². The summed E-state index contributed by atoms with van der Waals surface area (Å²) >= 11 is 5.48. The maximum absolute atomic E-state index is 13.5. The van der Waals surface area contributed by atoms with Crippen LogP contribution in [0.1, 0.15) is 17.0 Å². The Hall–Kier alpha value is -3.02. The van der Waals surface area contributed by atoms with Gasteiger partial charge in [0.15, 0.2) is 11.5 Å². The lowest BCUT2D eigenvalue weighted by molar-refractivity contribution is -0.142. The summed E-state index contributed by atoms with van der Waals surface area (Å²) in [7, 11) is 1.54. The molecule has 160 valence electrons. The molecule has 0 spiro atoms. The van der Waals surface area contributed by atoms with Crippen LogP contribution in [0.2, 0.25) is 5.02 Å². The highest BCUT2D eigenvalue weighted by atomic mass is 35.5. The topological polar surface area (TPSA) is 72.8 Å². The standard InChI is InChI=1S/C17H11ClF6N4O2/c1-7-5-11(27-28(7)2)14-25-13(17(22,23)24)12(15(29)26-14)30-8-3-4-10(18)9(6-8)16(19,20)21/h3-6H,1-2H3,(H,25,26,29). The zero-order chi connectivity index (χ0) is 22.4. The Morgan fingerprint density at radius 1 is 1.10 bits per heavy atom. The van der Waals surface area contributed by atoms with Crippen molar-refractivity contribution in [2.45, 2.75) is 19.3 Å². The number of alkyl halides is 6. The molecule has 3 aromatic rings. The number of ether oxygens (including phenoxy) is 1. The number of rotatable bonds is 3. The van der Waals surface area contributed by atoms with Gasteiger partial charge >= 0.3 is 12.4 Å². The molecule has 0 aliphatic rings. The predicted octanol–water partition coefficient (Wildman–Crippen LogP) is 4.96. The highest BCUT2D eigenvalue weighted by Gasteiger charge is 2.40. The molecule has 0 saturated carbocycles. The fourth-order valence-electron chi connectivity index (χ4n) is 2.45. The van der Waals surface area contributed by atoms with Crippen LogP contribution in [0, 0.1) is 6.92 Å². The second-order valence-electron chi connectivity index (χ2n) is 6.13. The fraction of sp³-hybridized carbons (Fsp3) is 0.235. The van der Waals surface area contributed by atoms with Gasteiger partial charge < -0.3 is 9.72 Å². The van der Waals surface area contributed by atoms with Crippen molar-refractivity contribution >= 4 is 11.6 Å². The van der Waals surface area contributed by atoms with Crippen molar-refractivity contribution in [3.8, 4) is 23.0 Å². The molecular weight excluding hydrogens is 442 g/mol. The van der Waals surface area contributed by atoms with Crippen LogP contribution in [0.4, 0.5) is 26.3 Å². The first-order chi connectivity index (χ1) is 13.8. The van der Waals surface area contributed by atoms with Gasteiger partial charge in [0.2, 0.25) is 5.75 Å². The monoisotopic (exact) mass is 452 g/mol. The smallest absolute Gasteiger partial charge is 0.437 e. The summed E-state index contributed by atoms with van der Waals surface area (Å²) in [5.41, 5.74) is -3.84. The number of aromatic nitrogens is 4. The van der Waals surface area contributed by atoms with E-state index in [0.29, 0.717) is 11.8 Å². The molecule has 0 radical (unpaired) electrons. The van der Waals surface area contributed by atoms with Crippen LogP contribution in [0.3, 0.4) is 0 Å². The minimum Gasteiger partial charge on any atom is -0.449 e. The first-order valence-electron chi connectivity index (χ1n) is 8.04. The first kappa shape index (κ1) is 21.7. The Labute approximate surface area is 169 Å². The van der Waals surface area contributed by atoms with Crippen LogP contribution in [0.25, 0.3) is 11.5 Å². The van der Waals surface area contributed by atoms with Gasteiger partial charge in [-0.15, -0.1) is 0 Å². The van der Waals surface area contributed by atoms with Gasteiger partial charge in [-0.05, 0) is 31.2 Å². The molecule has 0 aliphatic carbocycles. The lowest BCUT2D eigenvalue weighted by atomic mass is 10.2. The molecule has 1 N–H and O–H groups in total. The van der Waals surface area contributed by atoms with Gasteiger partial charge in [-0.1, -0.05) is 11.6 Å². The number of benzene rings is 1. The van der Waals surface area contributed by atoms with Crippen molar-refractivity contribution in [1.82, 2.24) is 19.7 Å². The maximum Gasteiger partial charge on any atom is 0.437 e. The normalized spacial score (nSPS) is 12.3. The van der Waals surface area contributed by atoms with Crippen molar-refractivity contribution in [3.63, 3.8) is 0 Å². The van der Waals surface area contributed by atoms with Crippen LogP contribution in [0.5, 0.6) is 11.5 Å². The zero-order valence-electron chi connectivity index (χ0n) is 15.1. The molecule has 13 heteroatoms. The van der Waals surface area contributed by atoms with Gasteiger partial charge in [-0.25, -0.2) is 4.98 Å². The average Bonchev–Trinajstić information content (AvgIpc) is 2.95. The van der Waals surface area contributed by atoms with Gasteiger partial charge in [-0.2, -0.15) is 31.4 Å². The Balaban J connectivity index is 2.13. The van der Waals surface area contributed by atoms with Crippen LogP contribution in [-0.4, -0.2) is 19.7 Å². The number of aromatic amines is 1. The molecule has 0 fully saturated rings. The number of hydrogen-bond donors (Lipinski definition) is 1. The minimum absolute atomic E-state index is 0.0324. The quantitative estimate of drug-likeness (QED) is 0.570. The van der Waals surface area contributed by atoms with Crippen LogP contribution < -0.4 is 10.3 Å². The molecule has 6 nitrogen and oxygen atoms in total. The Bertz CT molecular complexity index is 1150. The summed E-state index contributed by atoms with van der Waals surface area (Å²) in [6.07, 6.45) is -10.0. The van der Waals surface area contributed by atoms with E-state index in [1.54, 1.807) is 6.92 Å². The third-order valence-corrected chi connectivity index (χ3v) is 4.29. The largest absolute Gasteiger partial charge is 0.449 e. The second kappa shape index (κ2) is 7.35. The number of nitrogens with one attached hydrogen (secondary N) is 1. The molecule has 2 aromatic heterocycles. The van der Waals surface area contributed by atoms with Crippen molar-refractivity contribution in [3.05, 3.63) is 56.6 Å². The van der Waals surface area contributed by atoms with E-state index < -0.39 is 51.5 Å². The number of halogens is 7. The number of H-pyrrole nitrogens is 1.